The normalized spacial score (nSPS) is 9.81. The molecular weight excluding hydrogens is 324 g/mol. The molecule has 0 saturated heterocycles. The minimum atomic E-state index is -0.139. The van der Waals surface area contributed by atoms with Gasteiger partial charge in [-0.25, -0.2) is 0 Å². The molecule has 4 heteroatoms. The summed E-state index contributed by atoms with van der Waals surface area (Å²) in [5.41, 5.74) is 2.61. The van der Waals surface area contributed by atoms with Gasteiger partial charge in [-0.2, -0.15) is 0 Å². The molecule has 0 aliphatic carbocycles. The molecule has 0 bridgehead atoms. The highest BCUT2D eigenvalue weighted by Gasteiger charge is 2.04. The summed E-state index contributed by atoms with van der Waals surface area (Å²) >= 11 is 0. The number of para-hydroxylation sites is 1. The van der Waals surface area contributed by atoms with Gasteiger partial charge in [0.05, 0.1) is 18.8 Å². The Balaban J connectivity index is 1.88. The highest BCUT2D eigenvalue weighted by Crippen LogP contribution is 2.16. The number of carbonyl (C=O) groups excluding carboxylic acids is 1. The van der Waals surface area contributed by atoms with Crippen molar-refractivity contribution in [3.63, 3.8) is 0 Å². The van der Waals surface area contributed by atoms with Crippen molar-refractivity contribution < 1.29 is 9.53 Å². The highest BCUT2D eigenvalue weighted by molar-refractivity contribution is 5.94. The summed E-state index contributed by atoms with van der Waals surface area (Å²) in [6.45, 7) is 3.13. The van der Waals surface area contributed by atoms with Crippen LogP contribution in [0.2, 0.25) is 0 Å². The number of nitrogens with zero attached hydrogens (tertiary/aromatic N) is 1. The molecule has 0 saturated carbocycles. The number of anilines is 1. The van der Waals surface area contributed by atoms with Crippen LogP contribution in [0.1, 0.15) is 35.7 Å². The van der Waals surface area contributed by atoms with E-state index in [1.54, 1.807) is 12.1 Å². The summed E-state index contributed by atoms with van der Waals surface area (Å²) in [6.07, 6.45) is 2.12. The fraction of sp³-hybridized carbons (Fsp3) is 0.318. The second-order valence-electron chi connectivity index (χ2n) is 6.12. The van der Waals surface area contributed by atoms with Crippen LogP contribution in [-0.2, 0) is 0 Å². The second-order valence-corrected chi connectivity index (χ2v) is 6.12. The van der Waals surface area contributed by atoms with Crippen molar-refractivity contribution in [2.24, 2.45) is 0 Å². The van der Waals surface area contributed by atoms with E-state index >= 15 is 0 Å². The van der Waals surface area contributed by atoms with Crippen molar-refractivity contribution in [3.05, 3.63) is 59.7 Å². The Labute approximate surface area is 156 Å². The second kappa shape index (κ2) is 10.1. The molecule has 2 rings (SSSR count). The van der Waals surface area contributed by atoms with Crippen LogP contribution >= 0.6 is 0 Å². The van der Waals surface area contributed by atoms with Crippen LogP contribution in [0.3, 0.4) is 0 Å². The predicted molar refractivity (Wildman–Crippen MR) is 107 cm³/mol. The Morgan fingerprint density at radius 3 is 2.54 bits per heavy atom. The zero-order chi connectivity index (χ0) is 18.8. The summed E-state index contributed by atoms with van der Waals surface area (Å²) < 4.78 is 5.60. The number of unbranched alkanes of at least 4 members (excludes halogenated alkanes) is 1. The average molecular weight is 350 g/mol. The van der Waals surface area contributed by atoms with Crippen LogP contribution in [0.4, 0.5) is 5.69 Å². The molecule has 2 aromatic carbocycles. The maximum atomic E-state index is 12.2. The van der Waals surface area contributed by atoms with Crippen LogP contribution in [0.5, 0.6) is 5.75 Å². The predicted octanol–water partition coefficient (Wildman–Crippen LogP) is 3.71. The van der Waals surface area contributed by atoms with Gasteiger partial charge in [-0.3, -0.25) is 4.79 Å². The zero-order valence-electron chi connectivity index (χ0n) is 15.7. The van der Waals surface area contributed by atoms with Gasteiger partial charge in [0.25, 0.3) is 5.91 Å². The lowest BCUT2D eigenvalue weighted by molar-refractivity contribution is 0.0958. The molecule has 0 aliphatic heterocycles. The standard InChI is InChI=1S/C22H26N2O2/c1-4-5-17-26-20-14-12-19(13-15-20)22(25)23-16-8-10-18-9-6-7-11-21(18)24(2)3/h6-7,9,11-15H,4-5,16-17H2,1-3H3,(H,23,25). The number of carbonyl (C=O) groups is 1. The number of rotatable bonds is 7. The summed E-state index contributed by atoms with van der Waals surface area (Å²) in [7, 11) is 3.97. The van der Waals surface area contributed by atoms with Crippen molar-refractivity contribution in [2.45, 2.75) is 19.8 Å². The fourth-order valence-corrected chi connectivity index (χ4v) is 2.37. The first-order chi connectivity index (χ1) is 12.6. The van der Waals surface area contributed by atoms with Gasteiger partial charge in [0.1, 0.15) is 5.75 Å². The van der Waals surface area contributed by atoms with E-state index in [0.717, 1.165) is 29.8 Å². The minimum absolute atomic E-state index is 0.139. The first kappa shape index (κ1) is 19.4. The van der Waals surface area contributed by atoms with E-state index in [2.05, 4.69) is 24.1 Å². The van der Waals surface area contributed by atoms with Crippen molar-refractivity contribution in [1.82, 2.24) is 5.32 Å². The lowest BCUT2D eigenvalue weighted by Crippen LogP contribution is -2.23. The molecule has 0 heterocycles. The molecule has 1 N–H and O–H groups in total. The summed E-state index contributed by atoms with van der Waals surface area (Å²) in [5, 5.41) is 2.82. The maximum absolute atomic E-state index is 12.2. The van der Waals surface area contributed by atoms with Crippen molar-refractivity contribution >= 4 is 11.6 Å². The third-order valence-electron chi connectivity index (χ3n) is 3.83. The number of nitrogens with one attached hydrogen (secondary N) is 1. The molecule has 0 atom stereocenters. The van der Waals surface area contributed by atoms with Crippen molar-refractivity contribution in [1.29, 1.82) is 0 Å². The largest absolute Gasteiger partial charge is 0.494 e. The van der Waals surface area contributed by atoms with E-state index in [4.69, 9.17) is 4.74 Å². The molecule has 2 aromatic rings. The lowest BCUT2D eigenvalue weighted by atomic mass is 10.1. The first-order valence-electron chi connectivity index (χ1n) is 8.88. The first-order valence-corrected chi connectivity index (χ1v) is 8.88. The third-order valence-corrected chi connectivity index (χ3v) is 3.83. The monoisotopic (exact) mass is 350 g/mol. The van der Waals surface area contributed by atoms with Gasteiger partial charge in [-0.15, -0.1) is 0 Å². The van der Waals surface area contributed by atoms with Crippen molar-refractivity contribution in [2.75, 3.05) is 32.1 Å². The van der Waals surface area contributed by atoms with Gasteiger partial charge in [-0.1, -0.05) is 37.3 Å². The zero-order valence-corrected chi connectivity index (χ0v) is 15.7. The van der Waals surface area contributed by atoms with Crippen LogP contribution in [0.25, 0.3) is 0 Å². The van der Waals surface area contributed by atoms with E-state index in [0.29, 0.717) is 18.7 Å². The molecule has 0 aliphatic rings. The fourth-order valence-electron chi connectivity index (χ4n) is 2.37. The van der Waals surface area contributed by atoms with Gasteiger partial charge in [-0.05, 0) is 42.8 Å². The van der Waals surface area contributed by atoms with Gasteiger partial charge in [0.15, 0.2) is 0 Å². The van der Waals surface area contributed by atoms with Crippen LogP contribution in [-0.4, -0.2) is 33.2 Å². The Bertz CT molecular complexity index is 771. The van der Waals surface area contributed by atoms with Crippen LogP contribution in [0, 0.1) is 11.8 Å². The molecule has 0 unspecified atom stereocenters. The van der Waals surface area contributed by atoms with Gasteiger partial charge in [0, 0.05) is 25.2 Å². The number of hydrogen-bond donors (Lipinski definition) is 1. The minimum Gasteiger partial charge on any atom is -0.494 e. The van der Waals surface area contributed by atoms with Gasteiger partial charge >= 0.3 is 0 Å². The van der Waals surface area contributed by atoms with Crippen molar-refractivity contribution in [3.8, 4) is 17.6 Å². The third kappa shape index (κ3) is 5.86. The molecule has 4 nitrogen and oxygen atoms in total. The SMILES string of the molecule is CCCCOc1ccc(C(=O)NCC#Cc2ccccc2N(C)C)cc1. The Hall–Kier alpha value is -2.93. The van der Waals surface area contributed by atoms with Gasteiger partial charge < -0.3 is 15.0 Å². The maximum Gasteiger partial charge on any atom is 0.252 e. The Morgan fingerprint density at radius 2 is 1.85 bits per heavy atom. The van der Waals surface area contributed by atoms with Gasteiger partial charge in [0.2, 0.25) is 0 Å². The molecule has 0 radical (unpaired) electrons. The number of amides is 1. The van der Waals surface area contributed by atoms with E-state index in [1.807, 2.05) is 55.4 Å². The number of ether oxygens (including phenoxy) is 1. The highest BCUT2D eigenvalue weighted by atomic mass is 16.5. The van der Waals surface area contributed by atoms with E-state index in [1.165, 1.54) is 0 Å². The Kier molecular flexibility index (Phi) is 7.57. The quantitative estimate of drug-likeness (QED) is 0.611. The molecule has 26 heavy (non-hydrogen) atoms. The van der Waals surface area contributed by atoms with E-state index in [9.17, 15) is 4.79 Å². The smallest absolute Gasteiger partial charge is 0.252 e. The molecule has 0 aromatic heterocycles. The Morgan fingerprint density at radius 1 is 1.12 bits per heavy atom. The lowest BCUT2D eigenvalue weighted by Gasteiger charge is -2.13. The summed E-state index contributed by atoms with van der Waals surface area (Å²) in [4.78, 5) is 14.2. The van der Waals surface area contributed by atoms with E-state index in [-0.39, 0.29) is 5.91 Å². The molecule has 136 valence electrons. The van der Waals surface area contributed by atoms with Crippen LogP contribution in [0.15, 0.2) is 48.5 Å². The molecule has 0 spiro atoms. The number of hydrogen-bond acceptors (Lipinski definition) is 3. The topological polar surface area (TPSA) is 41.6 Å². The molecular formula is C22H26N2O2. The summed E-state index contributed by atoms with van der Waals surface area (Å²) in [6, 6.07) is 15.1. The number of benzene rings is 2. The molecule has 0 fully saturated rings. The summed E-state index contributed by atoms with van der Waals surface area (Å²) in [5.74, 6) is 6.77. The van der Waals surface area contributed by atoms with Crippen LogP contribution < -0.4 is 15.0 Å². The van der Waals surface area contributed by atoms with E-state index < -0.39 is 0 Å². The molecule has 1 amide bonds. The average Bonchev–Trinajstić information content (AvgIpc) is 2.66.